The van der Waals surface area contributed by atoms with Gasteiger partial charge >= 0.3 is 0 Å². The molecule has 0 rings (SSSR count). The summed E-state index contributed by atoms with van der Waals surface area (Å²) in [6, 6.07) is 0. The maximum atomic E-state index is 8.79. The first kappa shape index (κ1) is 15.4. The Morgan fingerprint density at radius 3 is 2.31 bits per heavy atom. The maximum Gasteiger partial charge on any atom is 0.0908 e. The lowest BCUT2D eigenvalue weighted by Gasteiger charge is -2.04. The molecule has 1 N–H and O–H groups in total. The molecule has 0 aliphatic carbocycles. The van der Waals surface area contributed by atoms with E-state index in [4.69, 9.17) is 21.4 Å². The van der Waals surface area contributed by atoms with Gasteiger partial charge in [-0.05, 0) is 21.1 Å². The second kappa shape index (κ2) is 11.9. The van der Waals surface area contributed by atoms with Crippen LogP contribution in [0.3, 0.4) is 0 Å². The third kappa shape index (κ3) is 24.5. The third-order valence-electron chi connectivity index (χ3n) is 0.724. The number of alkyl halides is 1. The van der Waals surface area contributed by atoms with Crippen molar-refractivity contribution < 1.29 is 9.84 Å². The van der Waals surface area contributed by atoms with E-state index in [9.17, 15) is 0 Å². The van der Waals surface area contributed by atoms with Crippen molar-refractivity contribution in [2.75, 3.05) is 40.2 Å². The van der Waals surface area contributed by atoms with Crippen molar-refractivity contribution in [1.29, 1.82) is 0 Å². The Morgan fingerprint density at radius 1 is 1.54 bits per heavy atom. The molecule has 0 radical (unpaired) electrons. The van der Waals surface area contributed by atoms with E-state index in [1.807, 2.05) is 26.0 Å². The molecule has 3 nitrogen and oxygen atoms in total. The highest BCUT2D eigenvalue weighted by Crippen LogP contribution is 1.88. The molecule has 80 valence electrons. The molecule has 0 aliphatic rings. The summed E-state index contributed by atoms with van der Waals surface area (Å²) >= 11 is 5.28. The Balaban J connectivity index is 0. The summed E-state index contributed by atoms with van der Waals surface area (Å²) in [6.45, 7) is 4.20. The van der Waals surface area contributed by atoms with E-state index in [0.717, 1.165) is 0 Å². The number of nitrogens with zero attached hydrogens (tertiary/aromatic N) is 1. The van der Waals surface area contributed by atoms with Crippen molar-refractivity contribution in [2.45, 2.75) is 6.10 Å². The van der Waals surface area contributed by atoms with Gasteiger partial charge in [0.05, 0.1) is 25.2 Å². The van der Waals surface area contributed by atoms with Gasteiger partial charge in [0, 0.05) is 0 Å². The van der Waals surface area contributed by atoms with Gasteiger partial charge in [0.25, 0.3) is 0 Å². The first-order chi connectivity index (χ1) is 6.04. The van der Waals surface area contributed by atoms with E-state index in [1.54, 1.807) is 6.08 Å². The molecule has 4 heteroatoms. The predicted molar refractivity (Wildman–Crippen MR) is 57.4 cm³/mol. The first-order valence-electron chi connectivity index (χ1n) is 4.08. The van der Waals surface area contributed by atoms with Crippen LogP contribution in [0.1, 0.15) is 0 Å². The molecular weight excluding hydrogens is 190 g/mol. The number of rotatable bonds is 5. The lowest BCUT2D eigenvalue weighted by atomic mass is 10.4. The van der Waals surface area contributed by atoms with Crippen molar-refractivity contribution in [3.8, 4) is 0 Å². The van der Waals surface area contributed by atoms with E-state index in [2.05, 4.69) is 6.58 Å². The van der Waals surface area contributed by atoms with Crippen LogP contribution in [0.4, 0.5) is 0 Å². The van der Waals surface area contributed by atoms with Gasteiger partial charge in [-0.15, -0.1) is 18.2 Å². The lowest BCUT2D eigenvalue weighted by molar-refractivity contribution is 0.0618. The van der Waals surface area contributed by atoms with Crippen LogP contribution in [-0.4, -0.2) is 56.3 Å². The fourth-order valence-electron chi connectivity index (χ4n) is 0.332. The average molecular weight is 210 g/mol. The van der Waals surface area contributed by atoms with Crippen molar-refractivity contribution in [3.05, 3.63) is 12.7 Å². The summed E-state index contributed by atoms with van der Waals surface area (Å²) in [7, 11) is 6.00. The minimum atomic E-state index is -0.549. The summed E-state index contributed by atoms with van der Waals surface area (Å²) in [5.41, 5.74) is 0. The van der Waals surface area contributed by atoms with Gasteiger partial charge < -0.3 is 14.7 Å². The fourth-order valence-corrected chi connectivity index (χ4v) is 0.421. The van der Waals surface area contributed by atoms with Crippen LogP contribution in [-0.2, 0) is 4.74 Å². The lowest BCUT2D eigenvalue weighted by Crippen LogP contribution is -2.16. The minimum Gasteiger partial charge on any atom is -0.389 e. The molecule has 0 aromatic rings. The Labute approximate surface area is 85.9 Å². The van der Waals surface area contributed by atoms with E-state index < -0.39 is 6.10 Å². The van der Waals surface area contributed by atoms with Gasteiger partial charge in [-0.25, -0.2) is 0 Å². The summed E-state index contributed by atoms with van der Waals surface area (Å²) in [4.78, 5) is 2.00. The molecule has 13 heavy (non-hydrogen) atoms. The zero-order chi connectivity index (χ0) is 10.7. The second-order valence-corrected chi connectivity index (χ2v) is 3.28. The first-order valence-corrected chi connectivity index (χ1v) is 4.61. The Hall–Kier alpha value is -0.0900. The number of aliphatic hydroxyl groups excluding tert-OH is 1. The van der Waals surface area contributed by atoms with E-state index in [0.29, 0.717) is 6.61 Å². The Kier molecular flexibility index (Phi) is 14.1. The van der Waals surface area contributed by atoms with Crippen LogP contribution in [0.25, 0.3) is 0 Å². The smallest absolute Gasteiger partial charge is 0.0908 e. The topological polar surface area (TPSA) is 32.7 Å². The molecule has 0 aromatic carbocycles. The highest BCUT2D eigenvalue weighted by molar-refractivity contribution is 6.18. The quantitative estimate of drug-likeness (QED) is 0.416. The van der Waals surface area contributed by atoms with Crippen molar-refractivity contribution >= 4 is 11.6 Å². The van der Waals surface area contributed by atoms with Crippen LogP contribution in [0.5, 0.6) is 0 Å². The van der Waals surface area contributed by atoms with Gasteiger partial charge in [-0.2, -0.15) is 0 Å². The molecule has 0 fully saturated rings. The fraction of sp³-hybridized carbons (Fsp3) is 0.778. The standard InChI is InChI=1S/C6H11ClO2.C3H9N/c1-2-3-9-5-6(8)4-7;1-4(2)3/h2,6,8H,1,3-5H2;1-3H3. The van der Waals surface area contributed by atoms with Crippen LogP contribution in [0.15, 0.2) is 12.7 Å². The Morgan fingerprint density at radius 2 is 2.00 bits per heavy atom. The highest BCUT2D eigenvalue weighted by Gasteiger charge is 1.98. The zero-order valence-corrected chi connectivity index (χ0v) is 9.42. The zero-order valence-electron chi connectivity index (χ0n) is 8.66. The summed E-state index contributed by atoms with van der Waals surface area (Å²) in [6.07, 6.45) is 1.08. The molecule has 1 atom stereocenters. The van der Waals surface area contributed by atoms with Crippen LogP contribution < -0.4 is 0 Å². The largest absolute Gasteiger partial charge is 0.389 e. The molecule has 0 bridgehead atoms. The SMILES string of the molecule is C=CCOCC(O)CCl.CN(C)C. The van der Waals surface area contributed by atoms with E-state index in [1.165, 1.54) is 0 Å². The third-order valence-corrected chi connectivity index (χ3v) is 1.08. The monoisotopic (exact) mass is 209 g/mol. The second-order valence-electron chi connectivity index (χ2n) is 2.98. The molecule has 0 heterocycles. The average Bonchev–Trinajstić information content (AvgIpc) is 2.03. The summed E-state index contributed by atoms with van der Waals surface area (Å²) < 4.78 is 4.88. The minimum absolute atomic E-state index is 0.219. The van der Waals surface area contributed by atoms with Gasteiger partial charge in [0.2, 0.25) is 0 Å². The highest BCUT2D eigenvalue weighted by atomic mass is 35.5. The van der Waals surface area contributed by atoms with Gasteiger partial charge in [-0.1, -0.05) is 6.08 Å². The molecule has 0 aliphatic heterocycles. The molecular formula is C9H20ClNO2. The van der Waals surface area contributed by atoms with Crippen molar-refractivity contribution in [2.24, 2.45) is 0 Å². The van der Waals surface area contributed by atoms with Crippen LogP contribution in [0.2, 0.25) is 0 Å². The van der Waals surface area contributed by atoms with Gasteiger partial charge in [0.15, 0.2) is 0 Å². The molecule has 0 amide bonds. The normalized spacial score (nSPS) is 11.8. The molecule has 0 saturated carbocycles. The number of hydrogen-bond donors (Lipinski definition) is 1. The van der Waals surface area contributed by atoms with Crippen LogP contribution >= 0.6 is 11.6 Å². The van der Waals surface area contributed by atoms with E-state index in [-0.39, 0.29) is 12.5 Å². The summed E-state index contributed by atoms with van der Waals surface area (Å²) in [5, 5.41) is 8.79. The number of aliphatic hydroxyl groups is 1. The van der Waals surface area contributed by atoms with E-state index >= 15 is 0 Å². The molecule has 0 spiro atoms. The summed E-state index contributed by atoms with van der Waals surface area (Å²) in [5.74, 6) is 0.219. The predicted octanol–water partition coefficient (Wildman–Crippen LogP) is 0.966. The van der Waals surface area contributed by atoms with Gasteiger partial charge in [-0.3, -0.25) is 0 Å². The van der Waals surface area contributed by atoms with Crippen molar-refractivity contribution in [3.63, 3.8) is 0 Å². The van der Waals surface area contributed by atoms with Crippen molar-refractivity contribution in [1.82, 2.24) is 4.90 Å². The Bertz CT molecular complexity index is 107. The van der Waals surface area contributed by atoms with Crippen LogP contribution in [0, 0.1) is 0 Å². The maximum absolute atomic E-state index is 8.79. The van der Waals surface area contributed by atoms with Gasteiger partial charge in [0.1, 0.15) is 0 Å². The molecule has 0 aromatic heterocycles. The number of ether oxygens (including phenoxy) is 1. The molecule has 1 unspecified atom stereocenters. The number of halogens is 1. The molecule has 0 saturated heterocycles. The number of hydrogen-bond acceptors (Lipinski definition) is 3.